The van der Waals surface area contributed by atoms with Gasteiger partial charge in [0, 0.05) is 55.0 Å². The van der Waals surface area contributed by atoms with Crippen LogP contribution < -0.4 is 21.3 Å². The van der Waals surface area contributed by atoms with E-state index in [2.05, 4.69) is 52.0 Å². The van der Waals surface area contributed by atoms with E-state index in [1.165, 1.54) is 24.6 Å². The van der Waals surface area contributed by atoms with Gasteiger partial charge in [0.1, 0.15) is 0 Å². The smallest absolute Gasteiger partial charge is 0.219 e. The molecular weight excluding hydrogens is 420 g/mol. The van der Waals surface area contributed by atoms with E-state index in [-0.39, 0.29) is 0 Å². The summed E-state index contributed by atoms with van der Waals surface area (Å²) in [5, 5.41) is 11.3. The van der Waals surface area contributed by atoms with Gasteiger partial charge in [-0.15, -0.1) is 10.2 Å². The molecule has 0 saturated carbocycles. The lowest BCUT2D eigenvalue weighted by atomic mass is 10.1. The number of nitrogens with zero attached hydrogens (tertiary/aromatic N) is 6. The van der Waals surface area contributed by atoms with E-state index in [1.807, 2.05) is 12.1 Å². The molecule has 0 unspecified atom stereocenters. The predicted octanol–water partition coefficient (Wildman–Crippen LogP) is 2.84. The van der Waals surface area contributed by atoms with Crippen molar-refractivity contribution in [2.45, 2.75) is 19.3 Å². The normalized spacial score (nSPS) is 15.9. The molecule has 1 aromatic carbocycles. The minimum atomic E-state index is 0.299. The van der Waals surface area contributed by atoms with E-state index in [1.54, 1.807) is 12.4 Å². The van der Waals surface area contributed by atoms with E-state index < -0.39 is 0 Å². The number of nitrogen functional groups attached to an aromatic ring is 2. The molecule has 4 N–H and O–H groups in total. The molecule has 8 nitrogen and oxygen atoms in total. The SMILES string of the molecule is Nc1ccc2c(N3CCCC3)nnc(N3CCC3)c2c1.Nc1ncc(Br)cn1. The van der Waals surface area contributed by atoms with Crippen LogP contribution in [0.2, 0.25) is 0 Å². The standard InChI is InChI=1S/C15H19N5.C4H4BrN3/c16-11-4-5-12-13(10-11)15(20-8-3-9-20)18-17-14(12)19-6-1-2-7-19;5-3-1-7-4(6)8-2-3/h4-5,10H,1-3,6-9,16H2;1-2H,(H2,6,7,8). The Balaban J connectivity index is 0.000000203. The number of aromatic nitrogens is 4. The van der Waals surface area contributed by atoms with Crippen LogP contribution in [0, 0.1) is 0 Å². The first kappa shape index (κ1) is 18.7. The lowest BCUT2D eigenvalue weighted by molar-refractivity contribution is 0.608. The summed E-state index contributed by atoms with van der Waals surface area (Å²) in [5.41, 5.74) is 12.0. The highest BCUT2D eigenvalue weighted by Crippen LogP contribution is 2.34. The maximum Gasteiger partial charge on any atom is 0.219 e. The van der Waals surface area contributed by atoms with E-state index in [0.29, 0.717) is 5.95 Å². The third kappa shape index (κ3) is 3.94. The third-order valence-electron chi connectivity index (χ3n) is 4.97. The van der Waals surface area contributed by atoms with Crippen LogP contribution in [0.1, 0.15) is 19.3 Å². The van der Waals surface area contributed by atoms with Crippen LogP contribution in [0.4, 0.5) is 23.3 Å². The fourth-order valence-electron chi connectivity index (χ4n) is 3.39. The van der Waals surface area contributed by atoms with Crippen LogP contribution in [0.5, 0.6) is 0 Å². The molecule has 2 aromatic heterocycles. The van der Waals surface area contributed by atoms with Crippen LogP contribution in [0.3, 0.4) is 0 Å². The minimum absolute atomic E-state index is 0.299. The minimum Gasteiger partial charge on any atom is -0.399 e. The van der Waals surface area contributed by atoms with Crippen LogP contribution in [0.15, 0.2) is 35.1 Å². The molecule has 5 rings (SSSR count). The van der Waals surface area contributed by atoms with Crippen LogP contribution in [-0.2, 0) is 0 Å². The number of hydrogen-bond donors (Lipinski definition) is 2. The molecule has 4 heterocycles. The average Bonchev–Trinajstić information content (AvgIpc) is 3.18. The molecule has 28 heavy (non-hydrogen) atoms. The summed E-state index contributed by atoms with van der Waals surface area (Å²) in [5.74, 6) is 2.30. The number of anilines is 4. The predicted molar refractivity (Wildman–Crippen MR) is 116 cm³/mol. The van der Waals surface area contributed by atoms with Gasteiger partial charge < -0.3 is 21.3 Å². The molecular formula is C19H23BrN8. The van der Waals surface area contributed by atoms with Gasteiger partial charge in [-0.3, -0.25) is 0 Å². The Morgan fingerprint density at radius 2 is 1.36 bits per heavy atom. The Bertz CT molecular complexity index is 931. The van der Waals surface area contributed by atoms with Crippen molar-refractivity contribution in [2.24, 2.45) is 0 Å². The maximum atomic E-state index is 5.98. The fourth-order valence-corrected chi connectivity index (χ4v) is 3.60. The summed E-state index contributed by atoms with van der Waals surface area (Å²) < 4.78 is 0.840. The molecule has 2 saturated heterocycles. The van der Waals surface area contributed by atoms with Gasteiger partial charge in [-0.1, -0.05) is 0 Å². The molecule has 2 aliphatic rings. The van der Waals surface area contributed by atoms with E-state index in [0.717, 1.165) is 53.4 Å². The first-order valence-electron chi connectivity index (χ1n) is 9.40. The van der Waals surface area contributed by atoms with Gasteiger partial charge in [-0.05, 0) is 53.4 Å². The van der Waals surface area contributed by atoms with E-state index >= 15 is 0 Å². The van der Waals surface area contributed by atoms with Crippen molar-refractivity contribution in [3.63, 3.8) is 0 Å². The van der Waals surface area contributed by atoms with Crippen LogP contribution in [0.25, 0.3) is 10.8 Å². The van der Waals surface area contributed by atoms with Crippen molar-refractivity contribution in [1.82, 2.24) is 20.2 Å². The van der Waals surface area contributed by atoms with E-state index in [4.69, 9.17) is 11.5 Å². The lowest BCUT2D eigenvalue weighted by Crippen LogP contribution is -2.38. The molecule has 0 bridgehead atoms. The number of hydrogen-bond acceptors (Lipinski definition) is 8. The molecule has 2 fully saturated rings. The van der Waals surface area contributed by atoms with Crippen molar-refractivity contribution < 1.29 is 0 Å². The first-order chi connectivity index (χ1) is 13.6. The summed E-state index contributed by atoms with van der Waals surface area (Å²) in [6.07, 6.45) is 6.92. The summed E-state index contributed by atoms with van der Waals surface area (Å²) in [6, 6.07) is 6.09. The molecule has 3 aromatic rings. The number of nitrogens with two attached hydrogens (primary N) is 2. The summed E-state index contributed by atoms with van der Waals surface area (Å²) in [7, 11) is 0. The second-order valence-electron chi connectivity index (χ2n) is 6.95. The monoisotopic (exact) mass is 442 g/mol. The van der Waals surface area contributed by atoms with E-state index in [9.17, 15) is 0 Å². The molecule has 9 heteroatoms. The Morgan fingerprint density at radius 3 is 1.89 bits per heavy atom. The molecule has 2 aliphatic heterocycles. The average molecular weight is 443 g/mol. The van der Waals surface area contributed by atoms with Gasteiger partial charge in [0.25, 0.3) is 0 Å². The number of fused-ring (bicyclic) bond motifs is 1. The Kier molecular flexibility index (Phi) is 5.43. The maximum absolute atomic E-state index is 5.98. The van der Waals surface area contributed by atoms with Gasteiger partial charge in [0.05, 0.1) is 4.47 Å². The zero-order chi connectivity index (χ0) is 19.5. The summed E-state index contributed by atoms with van der Waals surface area (Å²) in [6.45, 7) is 4.30. The van der Waals surface area contributed by atoms with Gasteiger partial charge in [0.2, 0.25) is 5.95 Å². The van der Waals surface area contributed by atoms with Crippen LogP contribution >= 0.6 is 15.9 Å². The van der Waals surface area contributed by atoms with Crippen molar-refractivity contribution in [2.75, 3.05) is 47.4 Å². The molecule has 0 atom stereocenters. The van der Waals surface area contributed by atoms with Gasteiger partial charge in [-0.25, -0.2) is 9.97 Å². The highest BCUT2D eigenvalue weighted by atomic mass is 79.9. The Morgan fingerprint density at radius 1 is 0.786 bits per heavy atom. The summed E-state index contributed by atoms with van der Waals surface area (Å²) in [4.78, 5) is 12.0. The van der Waals surface area contributed by atoms with Crippen molar-refractivity contribution >= 4 is 50.0 Å². The first-order valence-corrected chi connectivity index (χ1v) is 10.2. The van der Waals surface area contributed by atoms with Crippen molar-refractivity contribution in [1.29, 1.82) is 0 Å². The number of benzene rings is 1. The van der Waals surface area contributed by atoms with Gasteiger partial charge in [0.15, 0.2) is 11.6 Å². The molecule has 0 aliphatic carbocycles. The van der Waals surface area contributed by atoms with Gasteiger partial charge >= 0.3 is 0 Å². The van der Waals surface area contributed by atoms with Crippen molar-refractivity contribution in [3.8, 4) is 0 Å². The number of rotatable bonds is 2. The molecule has 0 spiro atoms. The quantitative estimate of drug-likeness (QED) is 0.582. The van der Waals surface area contributed by atoms with Gasteiger partial charge in [-0.2, -0.15) is 0 Å². The second-order valence-corrected chi connectivity index (χ2v) is 7.86. The topological polar surface area (TPSA) is 110 Å². The second kappa shape index (κ2) is 8.14. The highest BCUT2D eigenvalue weighted by Gasteiger charge is 2.23. The fraction of sp³-hybridized carbons (Fsp3) is 0.368. The highest BCUT2D eigenvalue weighted by molar-refractivity contribution is 9.10. The molecule has 0 radical (unpaired) electrons. The van der Waals surface area contributed by atoms with Crippen molar-refractivity contribution in [3.05, 3.63) is 35.1 Å². The Hall–Kier alpha value is -2.68. The lowest BCUT2D eigenvalue weighted by Gasteiger charge is -2.33. The zero-order valence-electron chi connectivity index (χ0n) is 15.6. The third-order valence-corrected chi connectivity index (χ3v) is 5.38. The molecule has 0 amide bonds. The zero-order valence-corrected chi connectivity index (χ0v) is 17.1. The molecule has 146 valence electrons. The largest absolute Gasteiger partial charge is 0.399 e. The van der Waals surface area contributed by atoms with Crippen LogP contribution in [-0.4, -0.2) is 46.3 Å². The number of halogens is 1. The Labute approximate surface area is 172 Å². The summed E-state index contributed by atoms with van der Waals surface area (Å²) >= 11 is 3.16.